The Labute approximate surface area is 130 Å². The molecule has 2 unspecified atom stereocenters. The van der Waals surface area contributed by atoms with E-state index in [0.29, 0.717) is 17.9 Å². The summed E-state index contributed by atoms with van der Waals surface area (Å²) < 4.78 is 0. The van der Waals surface area contributed by atoms with Crippen molar-refractivity contribution in [2.75, 3.05) is 13.1 Å². The molecule has 2 aliphatic rings. The second-order valence-corrected chi connectivity index (χ2v) is 6.53. The summed E-state index contributed by atoms with van der Waals surface area (Å²) in [4.78, 5) is 12.3. The van der Waals surface area contributed by atoms with Crippen LogP contribution in [-0.2, 0) is 4.79 Å². The average molecular weight is 303 g/mol. The van der Waals surface area contributed by atoms with Gasteiger partial charge in [-0.3, -0.25) is 4.79 Å². The summed E-state index contributed by atoms with van der Waals surface area (Å²) in [5.41, 5.74) is 0. The zero-order valence-corrected chi connectivity index (χ0v) is 13.8. The Morgan fingerprint density at radius 2 is 1.95 bits per heavy atom. The molecule has 0 spiro atoms. The normalized spacial score (nSPS) is 32.0. The molecule has 1 heterocycles. The highest BCUT2D eigenvalue weighted by molar-refractivity contribution is 5.85. The second kappa shape index (κ2) is 8.89. The van der Waals surface area contributed by atoms with Crippen LogP contribution in [0.3, 0.4) is 0 Å². The fourth-order valence-electron chi connectivity index (χ4n) is 3.60. The number of carbonyl (C=O) groups excluding carboxylic acids is 1. The molecule has 20 heavy (non-hydrogen) atoms. The van der Waals surface area contributed by atoms with Gasteiger partial charge < -0.3 is 10.6 Å². The maximum absolute atomic E-state index is 12.3. The Morgan fingerprint density at radius 1 is 1.25 bits per heavy atom. The monoisotopic (exact) mass is 302 g/mol. The van der Waals surface area contributed by atoms with Gasteiger partial charge in [-0.15, -0.1) is 12.4 Å². The molecule has 3 nitrogen and oxygen atoms in total. The minimum Gasteiger partial charge on any atom is -0.353 e. The minimum atomic E-state index is 0. The molecule has 4 heteroatoms. The van der Waals surface area contributed by atoms with Crippen LogP contribution in [-0.4, -0.2) is 25.0 Å². The van der Waals surface area contributed by atoms with E-state index in [-0.39, 0.29) is 18.3 Å². The summed E-state index contributed by atoms with van der Waals surface area (Å²) in [6.45, 7) is 6.64. The number of hydrogen-bond donors (Lipinski definition) is 2. The van der Waals surface area contributed by atoms with Gasteiger partial charge in [0.15, 0.2) is 0 Å². The number of amides is 1. The van der Waals surface area contributed by atoms with Crippen LogP contribution < -0.4 is 10.6 Å². The third kappa shape index (κ3) is 4.92. The summed E-state index contributed by atoms with van der Waals surface area (Å²) in [5.74, 6) is 2.07. The maximum atomic E-state index is 12.3. The summed E-state index contributed by atoms with van der Waals surface area (Å²) in [6, 6.07) is 0.323. The fourth-order valence-corrected chi connectivity index (χ4v) is 3.60. The van der Waals surface area contributed by atoms with Gasteiger partial charge in [0.1, 0.15) is 0 Å². The van der Waals surface area contributed by atoms with E-state index in [1.54, 1.807) is 0 Å². The lowest BCUT2D eigenvalue weighted by Crippen LogP contribution is -2.46. The van der Waals surface area contributed by atoms with Gasteiger partial charge in [-0.05, 0) is 70.4 Å². The Hall–Kier alpha value is -0.280. The van der Waals surface area contributed by atoms with Crippen LogP contribution in [0.25, 0.3) is 0 Å². The zero-order chi connectivity index (χ0) is 13.7. The Morgan fingerprint density at radius 3 is 2.50 bits per heavy atom. The molecular weight excluding hydrogens is 272 g/mol. The quantitative estimate of drug-likeness (QED) is 0.838. The number of hydrogen-bond acceptors (Lipinski definition) is 2. The molecule has 0 aromatic carbocycles. The first-order valence-corrected chi connectivity index (χ1v) is 8.21. The van der Waals surface area contributed by atoms with Crippen LogP contribution in [0.15, 0.2) is 0 Å². The smallest absolute Gasteiger partial charge is 0.223 e. The first-order chi connectivity index (χ1) is 9.20. The van der Waals surface area contributed by atoms with E-state index in [1.807, 2.05) is 0 Å². The molecule has 2 atom stereocenters. The molecule has 1 aliphatic heterocycles. The standard InChI is InChI=1S/C16H30N2O.ClH/c1-3-13-6-8-14(9-7-13)16(19)18-12(2)15-5-4-10-17-11-15;/h12-15,17H,3-11H2,1-2H3,(H,18,19);1H. The van der Waals surface area contributed by atoms with E-state index >= 15 is 0 Å². The topological polar surface area (TPSA) is 41.1 Å². The van der Waals surface area contributed by atoms with E-state index < -0.39 is 0 Å². The highest BCUT2D eigenvalue weighted by atomic mass is 35.5. The maximum Gasteiger partial charge on any atom is 0.223 e. The molecule has 0 radical (unpaired) electrons. The van der Waals surface area contributed by atoms with Gasteiger partial charge in [0, 0.05) is 12.0 Å². The largest absolute Gasteiger partial charge is 0.353 e. The van der Waals surface area contributed by atoms with Gasteiger partial charge in [0.2, 0.25) is 5.91 Å². The molecule has 1 aliphatic carbocycles. The molecule has 1 saturated carbocycles. The van der Waals surface area contributed by atoms with Crippen molar-refractivity contribution in [1.82, 2.24) is 10.6 Å². The van der Waals surface area contributed by atoms with Crippen LogP contribution in [0.5, 0.6) is 0 Å². The first kappa shape index (κ1) is 17.8. The van der Waals surface area contributed by atoms with Gasteiger partial charge >= 0.3 is 0 Å². The van der Waals surface area contributed by atoms with Crippen molar-refractivity contribution in [2.24, 2.45) is 17.8 Å². The van der Waals surface area contributed by atoms with Crippen molar-refractivity contribution < 1.29 is 4.79 Å². The van der Waals surface area contributed by atoms with Crippen molar-refractivity contribution in [3.8, 4) is 0 Å². The van der Waals surface area contributed by atoms with Crippen LogP contribution >= 0.6 is 12.4 Å². The minimum absolute atomic E-state index is 0. The summed E-state index contributed by atoms with van der Waals surface area (Å²) >= 11 is 0. The Bertz CT molecular complexity index is 284. The van der Waals surface area contributed by atoms with E-state index in [4.69, 9.17) is 0 Å². The van der Waals surface area contributed by atoms with Gasteiger partial charge in [-0.2, -0.15) is 0 Å². The molecule has 1 saturated heterocycles. The SMILES string of the molecule is CCC1CCC(C(=O)NC(C)C2CCCNC2)CC1.Cl. The highest BCUT2D eigenvalue weighted by Gasteiger charge is 2.28. The van der Waals surface area contributed by atoms with Crippen molar-refractivity contribution in [2.45, 2.75) is 64.8 Å². The lowest BCUT2D eigenvalue weighted by atomic mass is 9.80. The summed E-state index contributed by atoms with van der Waals surface area (Å²) in [7, 11) is 0. The van der Waals surface area contributed by atoms with Gasteiger partial charge in [-0.25, -0.2) is 0 Å². The van der Waals surface area contributed by atoms with Crippen molar-refractivity contribution in [3.63, 3.8) is 0 Å². The van der Waals surface area contributed by atoms with E-state index in [2.05, 4.69) is 24.5 Å². The van der Waals surface area contributed by atoms with Crippen LogP contribution in [0, 0.1) is 17.8 Å². The fraction of sp³-hybridized carbons (Fsp3) is 0.938. The van der Waals surface area contributed by atoms with Crippen LogP contribution in [0.1, 0.15) is 58.8 Å². The van der Waals surface area contributed by atoms with Gasteiger partial charge in [-0.1, -0.05) is 13.3 Å². The summed E-state index contributed by atoms with van der Waals surface area (Å²) in [6.07, 6.45) is 8.45. The lowest BCUT2D eigenvalue weighted by molar-refractivity contribution is -0.127. The molecule has 0 aromatic heterocycles. The first-order valence-electron chi connectivity index (χ1n) is 8.21. The molecule has 1 amide bonds. The lowest BCUT2D eigenvalue weighted by Gasteiger charge is -2.32. The van der Waals surface area contributed by atoms with E-state index in [1.165, 1.54) is 32.1 Å². The number of piperidine rings is 1. The van der Waals surface area contributed by atoms with E-state index in [0.717, 1.165) is 31.8 Å². The third-order valence-electron chi connectivity index (χ3n) is 5.21. The highest BCUT2D eigenvalue weighted by Crippen LogP contribution is 2.30. The van der Waals surface area contributed by atoms with Gasteiger partial charge in [0.05, 0.1) is 0 Å². The third-order valence-corrected chi connectivity index (χ3v) is 5.21. The molecule has 0 bridgehead atoms. The molecule has 2 fully saturated rings. The molecule has 2 N–H and O–H groups in total. The molecular formula is C16H31ClN2O. The summed E-state index contributed by atoms with van der Waals surface area (Å²) in [5, 5.41) is 6.70. The second-order valence-electron chi connectivity index (χ2n) is 6.53. The predicted molar refractivity (Wildman–Crippen MR) is 86.2 cm³/mol. The molecule has 0 aromatic rings. The number of rotatable bonds is 4. The number of nitrogens with one attached hydrogen (secondary N) is 2. The predicted octanol–water partition coefficient (Wildman–Crippen LogP) is 3.13. The number of carbonyl (C=O) groups is 1. The van der Waals surface area contributed by atoms with Crippen molar-refractivity contribution >= 4 is 18.3 Å². The Kier molecular flexibility index (Phi) is 7.90. The number of halogens is 1. The zero-order valence-electron chi connectivity index (χ0n) is 13.0. The van der Waals surface area contributed by atoms with Gasteiger partial charge in [0.25, 0.3) is 0 Å². The van der Waals surface area contributed by atoms with Crippen LogP contribution in [0.4, 0.5) is 0 Å². The Balaban J connectivity index is 0.00000200. The van der Waals surface area contributed by atoms with Crippen molar-refractivity contribution in [1.29, 1.82) is 0 Å². The van der Waals surface area contributed by atoms with E-state index in [9.17, 15) is 4.79 Å². The molecule has 2 rings (SSSR count). The average Bonchev–Trinajstić information content (AvgIpc) is 2.48. The van der Waals surface area contributed by atoms with Crippen LogP contribution in [0.2, 0.25) is 0 Å². The van der Waals surface area contributed by atoms with Crippen molar-refractivity contribution in [3.05, 3.63) is 0 Å². The molecule has 118 valence electrons.